The molecule has 0 spiro atoms. The number of thioether (sulfide) groups is 1. The lowest BCUT2D eigenvalue weighted by Gasteiger charge is -2.22. The lowest BCUT2D eigenvalue weighted by atomic mass is 10.0. The van der Waals surface area contributed by atoms with Crippen molar-refractivity contribution in [3.8, 4) is 0 Å². The standard InChI is InChI=1S/C24H25Cl2N5O4S/c1-13(2)20(28-22(33)17-9-8-15(25)11-18(17)26)21-29-30-24(31(21)3)36-12-19(32)27-16-7-5-6-14(10-16)23(34)35-4/h5-11,13,20H,12H2,1-4H3,(H,27,32)(H,28,33)/t20-/m1/s1. The Bertz CT molecular complexity index is 1280. The first-order valence-electron chi connectivity index (χ1n) is 10.9. The van der Waals surface area contributed by atoms with E-state index in [1.807, 2.05) is 13.8 Å². The number of halogens is 2. The highest BCUT2D eigenvalue weighted by atomic mass is 35.5. The Morgan fingerprint density at radius 2 is 1.86 bits per heavy atom. The van der Waals surface area contributed by atoms with Gasteiger partial charge in [0.1, 0.15) is 0 Å². The first-order valence-corrected chi connectivity index (χ1v) is 12.6. The van der Waals surface area contributed by atoms with Crippen LogP contribution in [-0.2, 0) is 16.6 Å². The van der Waals surface area contributed by atoms with Crippen molar-refractivity contribution in [3.63, 3.8) is 0 Å². The van der Waals surface area contributed by atoms with Crippen LogP contribution < -0.4 is 10.6 Å². The van der Waals surface area contributed by atoms with Gasteiger partial charge in [0.05, 0.1) is 35.1 Å². The summed E-state index contributed by atoms with van der Waals surface area (Å²) in [5, 5.41) is 15.4. The number of nitrogens with one attached hydrogen (secondary N) is 2. The minimum atomic E-state index is -0.489. The molecule has 0 unspecified atom stereocenters. The summed E-state index contributed by atoms with van der Waals surface area (Å²) in [6.07, 6.45) is 0. The number of nitrogens with zero attached hydrogens (tertiary/aromatic N) is 3. The largest absolute Gasteiger partial charge is 0.465 e. The summed E-state index contributed by atoms with van der Waals surface area (Å²) in [4.78, 5) is 37.0. The van der Waals surface area contributed by atoms with Gasteiger partial charge in [-0.2, -0.15) is 0 Å². The Kier molecular flexibility index (Phi) is 9.36. The Labute approximate surface area is 222 Å². The third kappa shape index (κ3) is 6.77. The first kappa shape index (κ1) is 27.5. The number of carbonyl (C=O) groups is 3. The Balaban J connectivity index is 1.67. The molecule has 0 saturated carbocycles. The summed E-state index contributed by atoms with van der Waals surface area (Å²) in [5.74, 6) is -0.535. The minimum Gasteiger partial charge on any atom is -0.465 e. The molecule has 2 amide bonds. The summed E-state index contributed by atoms with van der Waals surface area (Å²) in [6, 6.07) is 10.7. The van der Waals surface area contributed by atoms with E-state index >= 15 is 0 Å². The third-order valence-corrected chi connectivity index (χ3v) is 6.74. The van der Waals surface area contributed by atoms with Crippen molar-refractivity contribution >= 4 is 58.4 Å². The highest BCUT2D eigenvalue weighted by Crippen LogP contribution is 2.26. The zero-order valence-electron chi connectivity index (χ0n) is 20.0. The quantitative estimate of drug-likeness (QED) is 0.292. The molecular formula is C24H25Cl2N5O4S. The van der Waals surface area contributed by atoms with Crippen LogP contribution in [0, 0.1) is 5.92 Å². The molecule has 0 aliphatic heterocycles. The van der Waals surface area contributed by atoms with Gasteiger partial charge in [0.25, 0.3) is 5.91 Å². The minimum absolute atomic E-state index is 0.00818. The predicted molar refractivity (Wildman–Crippen MR) is 140 cm³/mol. The fourth-order valence-corrected chi connectivity index (χ4v) is 4.53. The molecule has 190 valence electrons. The fraction of sp³-hybridized carbons (Fsp3) is 0.292. The molecule has 12 heteroatoms. The summed E-state index contributed by atoms with van der Waals surface area (Å²) < 4.78 is 6.44. The molecule has 0 aliphatic rings. The van der Waals surface area contributed by atoms with Crippen LogP contribution in [0.4, 0.5) is 5.69 Å². The molecule has 3 aromatic rings. The van der Waals surface area contributed by atoms with Crippen molar-refractivity contribution in [2.24, 2.45) is 13.0 Å². The zero-order chi connectivity index (χ0) is 26.4. The number of anilines is 1. The molecule has 2 aromatic carbocycles. The number of esters is 1. The van der Waals surface area contributed by atoms with E-state index in [0.29, 0.717) is 32.8 Å². The number of benzene rings is 2. The van der Waals surface area contributed by atoms with Gasteiger partial charge >= 0.3 is 5.97 Å². The van der Waals surface area contributed by atoms with Gasteiger partial charge in [0.15, 0.2) is 11.0 Å². The van der Waals surface area contributed by atoms with Crippen LogP contribution in [0.2, 0.25) is 10.0 Å². The molecule has 0 bridgehead atoms. The van der Waals surface area contributed by atoms with E-state index in [0.717, 1.165) is 0 Å². The van der Waals surface area contributed by atoms with Crippen molar-refractivity contribution in [1.82, 2.24) is 20.1 Å². The maximum atomic E-state index is 12.9. The van der Waals surface area contributed by atoms with Gasteiger partial charge in [-0.25, -0.2) is 4.79 Å². The summed E-state index contributed by atoms with van der Waals surface area (Å²) in [6.45, 7) is 3.90. The van der Waals surface area contributed by atoms with E-state index < -0.39 is 12.0 Å². The van der Waals surface area contributed by atoms with E-state index in [4.69, 9.17) is 27.9 Å². The Hall–Kier alpha value is -3.08. The molecule has 1 aromatic heterocycles. The molecule has 36 heavy (non-hydrogen) atoms. The van der Waals surface area contributed by atoms with Gasteiger partial charge in [0, 0.05) is 17.8 Å². The number of rotatable bonds is 9. The van der Waals surface area contributed by atoms with Gasteiger partial charge in [-0.3, -0.25) is 9.59 Å². The lowest BCUT2D eigenvalue weighted by Crippen LogP contribution is -2.33. The van der Waals surface area contributed by atoms with Gasteiger partial charge < -0.3 is 19.9 Å². The highest BCUT2D eigenvalue weighted by Gasteiger charge is 2.26. The molecule has 1 heterocycles. The monoisotopic (exact) mass is 549 g/mol. The van der Waals surface area contributed by atoms with Gasteiger partial charge in [-0.1, -0.05) is 54.9 Å². The SMILES string of the molecule is COC(=O)c1cccc(NC(=O)CSc2nnc([C@H](NC(=O)c3ccc(Cl)cc3Cl)C(C)C)n2C)c1. The average Bonchev–Trinajstić information content (AvgIpc) is 3.20. The van der Waals surface area contributed by atoms with Crippen LogP contribution in [0.3, 0.4) is 0 Å². The number of hydrogen-bond donors (Lipinski definition) is 2. The van der Waals surface area contributed by atoms with Crippen LogP contribution in [0.5, 0.6) is 0 Å². The van der Waals surface area contributed by atoms with Crippen molar-refractivity contribution in [1.29, 1.82) is 0 Å². The molecule has 0 saturated heterocycles. The zero-order valence-corrected chi connectivity index (χ0v) is 22.4. The molecule has 3 rings (SSSR count). The molecule has 0 aliphatic carbocycles. The summed E-state index contributed by atoms with van der Waals surface area (Å²) in [7, 11) is 3.06. The van der Waals surface area contributed by atoms with Crippen LogP contribution in [0.1, 0.15) is 46.4 Å². The molecule has 1 atom stereocenters. The maximum Gasteiger partial charge on any atom is 0.337 e. The fourth-order valence-electron chi connectivity index (χ4n) is 3.31. The number of carbonyl (C=O) groups excluding carboxylic acids is 3. The van der Waals surface area contributed by atoms with E-state index in [1.54, 1.807) is 41.9 Å². The molecular weight excluding hydrogens is 525 g/mol. The Morgan fingerprint density at radius 3 is 2.53 bits per heavy atom. The van der Waals surface area contributed by atoms with Crippen LogP contribution in [0.15, 0.2) is 47.6 Å². The van der Waals surface area contributed by atoms with E-state index in [2.05, 4.69) is 20.8 Å². The molecule has 9 nitrogen and oxygen atoms in total. The van der Waals surface area contributed by atoms with Crippen molar-refractivity contribution in [3.05, 3.63) is 69.5 Å². The number of hydrogen-bond acceptors (Lipinski definition) is 7. The van der Waals surface area contributed by atoms with Crippen LogP contribution >= 0.6 is 35.0 Å². The van der Waals surface area contributed by atoms with Gasteiger partial charge in [-0.05, 0) is 42.3 Å². The average molecular weight is 550 g/mol. The number of ether oxygens (including phenoxy) is 1. The summed E-state index contributed by atoms with van der Waals surface area (Å²) in [5.41, 5.74) is 1.12. The van der Waals surface area contributed by atoms with Crippen LogP contribution in [-0.4, -0.2) is 45.4 Å². The second-order valence-electron chi connectivity index (χ2n) is 8.13. The molecule has 0 radical (unpaired) electrons. The number of aromatic nitrogens is 3. The van der Waals surface area contributed by atoms with E-state index in [9.17, 15) is 14.4 Å². The second-order valence-corrected chi connectivity index (χ2v) is 9.91. The summed E-state index contributed by atoms with van der Waals surface area (Å²) >= 11 is 13.3. The lowest BCUT2D eigenvalue weighted by molar-refractivity contribution is -0.113. The van der Waals surface area contributed by atoms with Gasteiger partial charge in [0.2, 0.25) is 5.91 Å². The smallest absolute Gasteiger partial charge is 0.337 e. The predicted octanol–water partition coefficient (Wildman–Crippen LogP) is 4.77. The second kappa shape index (κ2) is 12.2. The number of amides is 2. The maximum absolute atomic E-state index is 12.9. The first-order chi connectivity index (χ1) is 17.1. The topological polar surface area (TPSA) is 115 Å². The van der Waals surface area contributed by atoms with Crippen molar-refractivity contribution in [2.75, 3.05) is 18.2 Å². The normalized spacial score (nSPS) is 11.8. The van der Waals surface area contributed by atoms with E-state index in [1.165, 1.54) is 31.0 Å². The molecule has 2 N–H and O–H groups in total. The van der Waals surface area contributed by atoms with E-state index in [-0.39, 0.29) is 28.5 Å². The molecule has 0 fully saturated rings. The Morgan fingerprint density at radius 1 is 1.11 bits per heavy atom. The number of methoxy groups -OCH3 is 1. The van der Waals surface area contributed by atoms with Crippen molar-refractivity contribution in [2.45, 2.75) is 25.0 Å². The van der Waals surface area contributed by atoms with Crippen LogP contribution in [0.25, 0.3) is 0 Å². The van der Waals surface area contributed by atoms with Crippen molar-refractivity contribution < 1.29 is 19.1 Å². The van der Waals surface area contributed by atoms with Gasteiger partial charge in [-0.15, -0.1) is 10.2 Å². The third-order valence-electron chi connectivity index (χ3n) is 5.18. The highest BCUT2D eigenvalue weighted by molar-refractivity contribution is 7.99.